The molecule has 1 aromatic rings. The molecule has 6 nitrogen and oxygen atoms in total. The second-order valence-corrected chi connectivity index (χ2v) is 7.32. The van der Waals surface area contributed by atoms with Crippen molar-refractivity contribution in [1.29, 1.82) is 0 Å². The van der Waals surface area contributed by atoms with Crippen LogP contribution in [0.4, 0.5) is 0 Å². The van der Waals surface area contributed by atoms with Crippen molar-refractivity contribution in [2.24, 2.45) is 5.92 Å². The minimum Gasteiger partial charge on any atom is -0.447 e. The molecule has 2 heterocycles. The summed E-state index contributed by atoms with van der Waals surface area (Å²) in [5.41, 5.74) is -0.0701. The highest BCUT2D eigenvalue weighted by atomic mass is 35.5. The van der Waals surface area contributed by atoms with E-state index in [0.29, 0.717) is 13.2 Å². The van der Waals surface area contributed by atoms with E-state index in [1.54, 1.807) is 13.8 Å². The van der Waals surface area contributed by atoms with Gasteiger partial charge < -0.3 is 14.8 Å². The number of hydrogen-bond acceptors (Lipinski definition) is 6. The predicted molar refractivity (Wildman–Crippen MR) is 88.2 cm³/mol. The molecule has 0 radical (unpaired) electrons. The van der Waals surface area contributed by atoms with E-state index in [0.717, 1.165) is 24.4 Å². The van der Waals surface area contributed by atoms with Crippen molar-refractivity contribution in [3.63, 3.8) is 0 Å². The Kier molecular flexibility index (Phi) is 6.64. The van der Waals surface area contributed by atoms with Crippen LogP contribution in [-0.4, -0.2) is 41.6 Å². The minimum absolute atomic E-state index is 0.0225. The van der Waals surface area contributed by atoms with Gasteiger partial charge in [-0.3, -0.25) is 4.79 Å². The highest BCUT2D eigenvalue weighted by molar-refractivity contribution is 7.11. The number of halogens is 2. The summed E-state index contributed by atoms with van der Waals surface area (Å²) < 4.78 is 14.8. The van der Waals surface area contributed by atoms with Crippen molar-refractivity contribution in [2.45, 2.75) is 38.9 Å². The number of hydrogen-bond donors (Lipinski definition) is 1. The molecule has 23 heavy (non-hydrogen) atoms. The van der Waals surface area contributed by atoms with E-state index >= 15 is 0 Å². The van der Waals surface area contributed by atoms with Crippen LogP contribution in [-0.2, 0) is 14.3 Å². The van der Waals surface area contributed by atoms with Crippen molar-refractivity contribution in [2.75, 3.05) is 13.2 Å². The lowest BCUT2D eigenvalue weighted by Crippen LogP contribution is -2.43. The Balaban J connectivity index is 1.95. The zero-order chi connectivity index (χ0) is 17.0. The van der Waals surface area contributed by atoms with Crippen LogP contribution in [0.1, 0.15) is 37.2 Å². The van der Waals surface area contributed by atoms with Gasteiger partial charge in [-0.2, -0.15) is 4.37 Å². The Hall–Kier alpha value is -0.890. The maximum absolute atomic E-state index is 12.3. The molecule has 1 amide bonds. The number of nitrogens with zero attached hydrogens (tertiary/aromatic N) is 1. The molecular weight excluding hydrogens is 363 g/mol. The van der Waals surface area contributed by atoms with Gasteiger partial charge in [-0.1, -0.05) is 37.0 Å². The van der Waals surface area contributed by atoms with Gasteiger partial charge in [0.25, 0.3) is 5.91 Å². The molecule has 1 fully saturated rings. The standard InChI is InChI=1S/C14H18Cl2N2O4S/c1-7(2)11(13(19)17-6-8-4-3-5-21-8)22-14(20)10-9(15)12(16)23-18-10/h7-8,11H,3-6H2,1-2H3,(H,17,19)/t8-,11-/m1/s1. The van der Waals surface area contributed by atoms with Crippen LogP contribution in [0.3, 0.4) is 0 Å². The van der Waals surface area contributed by atoms with Crippen LogP contribution in [0.2, 0.25) is 9.36 Å². The summed E-state index contributed by atoms with van der Waals surface area (Å²) in [5, 5.41) is 2.81. The van der Waals surface area contributed by atoms with Crippen LogP contribution in [0.25, 0.3) is 0 Å². The van der Waals surface area contributed by atoms with E-state index in [2.05, 4.69) is 9.69 Å². The molecular formula is C14H18Cl2N2O4S. The monoisotopic (exact) mass is 380 g/mol. The largest absolute Gasteiger partial charge is 0.447 e. The summed E-state index contributed by atoms with van der Waals surface area (Å²) in [6, 6.07) is 0. The van der Waals surface area contributed by atoms with Crippen LogP contribution in [0.15, 0.2) is 0 Å². The molecule has 0 bridgehead atoms. The number of carbonyl (C=O) groups excluding carboxylic acids is 2. The maximum atomic E-state index is 12.3. The van der Waals surface area contributed by atoms with Crippen LogP contribution >= 0.6 is 34.7 Å². The van der Waals surface area contributed by atoms with Gasteiger partial charge in [-0.25, -0.2) is 4.79 Å². The number of aromatic nitrogens is 1. The maximum Gasteiger partial charge on any atom is 0.360 e. The molecule has 0 spiro atoms. The first kappa shape index (κ1) is 18.4. The molecule has 1 saturated heterocycles. The third-order valence-corrected chi connectivity index (χ3v) is 5.03. The zero-order valence-electron chi connectivity index (χ0n) is 12.8. The van der Waals surface area contributed by atoms with Gasteiger partial charge in [0.05, 0.1) is 6.10 Å². The fraction of sp³-hybridized carbons (Fsp3) is 0.643. The molecule has 0 aliphatic carbocycles. The topological polar surface area (TPSA) is 77.5 Å². The average Bonchev–Trinajstić information content (AvgIpc) is 3.13. The van der Waals surface area contributed by atoms with E-state index in [4.69, 9.17) is 32.7 Å². The molecule has 0 aromatic carbocycles. The van der Waals surface area contributed by atoms with Gasteiger partial charge in [0.1, 0.15) is 9.36 Å². The smallest absolute Gasteiger partial charge is 0.360 e. The number of rotatable bonds is 6. The number of amides is 1. The second-order valence-electron chi connectivity index (χ2n) is 5.57. The highest BCUT2D eigenvalue weighted by Crippen LogP contribution is 2.30. The molecule has 1 aliphatic rings. The first-order valence-electron chi connectivity index (χ1n) is 7.31. The van der Waals surface area contributed by atoms with Crippen molar-refractivity contribution < 1.29 is 19.1 Å². The summed E-state index contributed by atoms with van der Waals surface area (Å²) in [7, 11) is 0. The van der Waals surface area contributed by atoms with E-state index in [-0.39, 0.29) is 33.0 Å². The first-order chi connectivity index (χ1) is 10.9. The summed E-state index contributed by atoms with van der Waals surface area (Å²) in [6.07, 6.45) is 1.00. The lowest BCUT2D eigenvalue weighted by Gasteiger charge is -2.21. The lowest BCUT2D eigenvalue weighted by molar-refractivity contribution is -0.132. The van der Waals surface area contributed by atoms with E-state index in [1.807, 2.05) is 0 Å². The van der Waals surface area contributed by atoms with Crippen molar-refractivity contribution in [1.82, 2.24) is 9.69 Å². The van der Waals surface area contributed by atoms with E-state index in [1.165, 1.54) is 0 Å². The van der Waals surface area contributed by atoms with Crippen molar-refractivity contribution in [3.8, 4) is 0 Å². The second kappa shape index (κ2) is 8.28. The average molecular weight is 381 g/mol. The molecule has 2 atom stereocenters. The Morgan fingerprint density at radius 1 is 1.48 bits per heavy atom. The lowest BCUT2D eigenvalue weighted by atomic mass is 10.1. The molecule has 9 heteroatoms. The number of ether oxygens (including phenoxy) is 2. The third kappa shape index (κ3) is 4.79. The summed E-state index contributed by atoms with van der Waals surface area (Å²) >= 11 is 12.6. The molecule has 0 saturated carbocycles. The summed E-state index contributed by atoms with van der Waals surface area (Å²) in [4.78, 5) is 24.4. The highest BCUT2D eigenvalue weighted by Gasteiger charge is 2.30. The van der Waals surface area contributed by atoms with Gasteiger partial charge in [-0.15, -0.1) is 0 Å². The Morgan fingerprint density at radius 2 is 2.22 bits per heavy atom. The predicted octanol–water partition coefficient (Wildman–Crippen LogP) is 2.93. The van der Waals surface area contributed by atoms with Gasteiger partial charge in [-0.05, 0) is 30.3 Å². The summed E-state index contributed by atoms with van der Waals surface area (Å²) in [5.74, 6) is -1.32. The molecule has 1 aliphatic heterocycles. The zero-order valence-corrected chi connectivity index (χ0v) is 15.1. The van der Waals surface area contributed by atoms with Gasteiger partial charge in [0, 0.05) is 13.2 Å². The molecule has 2 rings (SSSR count). The number of esters is 1. The van der Waals surface area contributed by atoms with Gasteiger partial charge in [0.15, 0.2) is 11.8 Å². The fourth-order valence-electron chi connectivity index (χ4n) is 2.17. The molecule has 128 valence electrons. The first-order valence-corrected chi connectivity index (χ1v) is 8.84. The molecule has 0 unspecified atom stereocenters. The SMILES string of the molecule is CC(C)[C@@H](OC(=O)c1nsc(Cl)c1Cl)C(=O)NC[C@H]1CCCO1. The van der Waals surface area contributed by atoms with Gasteiger partial charge >= 0.3 is 5.97 Å². The molecule has 1 aromatic heterocycles. The van der Waals surface area contributed by atoms with Gasteiger partial charge in [0.2, 0.25) is 0 Å². The van der Waals surface area contributed by atoms with Crippen molar-refractivity contribution >= 4 is 46.6 Å². The third-order valence-electron chi connectivity index (χ3n) is 3.42. The minimum atomic E-state index is -0.930. The Labute approximate surface area is 148 Å². The van der Waals surface area contributed by atoms with Crippen LogP contribution < -0.4 is 5.32 Å². The quantitative estimate of drug-likeness (QED) is 0.767. The normalized spacial score (nSPS) is 18.9. The van der Waals surface area contributed by atoms with Crippen LogP contribution in [0, 0.1) is 5.92 Å². The van der Waals surface area contributed by atoms with E-state index in [9.17, 15) is 9.59 Å². The number of nitrogens with one attached hydrogen (secondary N) is 1. The fourth-order valence-corrected chi connectivity index (χ4v) is 3.15. The number of carbonyl (C=O) groups is 2. The summed E-state index contributed by atoms with van der Waals surface area (Å²) in [6.45, 7) is 4.70. The Morgan fingerprint density at radius 3 is 2.74 bits per heavy atom. The van der Waals surface area contributed by atoms with E-state index < -0.39 is 12.1 Å². The molecule has 1 N–H and O–H groups in total. The Bertz CT molecular complexity index is 573. The van der Waals surface area contributed by atoms with Crippen LogP contribution in [0.5, 0.6) is 0 Å². The van der Waals surface area contributed by atoms with Crippen molar-refractivity contribution in [3.05, 3.63) is 15.1 Å².